The Bertz CT molecular complexity index is 1070. The molecule has 0 spiro atoms. The van der Waals surface area contributed by atoms with Crippen LogP contribution in [0.5, 0.6) is 0 Å². The topological polar surface area (TPSA) is 79.7 Å². The molecule has 8 nitrogen and oxygen atoms in total. The van der Waals surface area contributed by atoms with Crippen molar-refractivity contribution in [2.45, 2.75) is 33.4 Å². The summed E-state index contributed by atoms with van der Waals surface area (Å²) in [4.78, 5) is 34.0. The second-order valence-electron chi connectivity index (χ2n) is 7.78. The summed E-state index contributed by atoms with van der Waals surface area (Å²) >= 11 is 1.42. The van der Waals surface area contributed by atoms with Gasteiger partial charge in [0.2, 0.25) is 0 Å². The van der Waals surface area contributed by atoms with Gasteiger partial charge in [-0.05, 0) is 43.0 Å². The van der Waals surface area contributed by atoms with Crippen LogP contribution in [0.15, 0.2) is 35.7 Å². The van der Waals surface area contributed by atoms with Crippen molar-refractivity contribution < 1.29 is 14.3 Å². The summed E-state index contributed by atoms with van der Waals surface area (Å²) in [5.74, 6) is 0.903. The number of anilines is 1. The number of nitrogens with zero attached hydrogens (tertiary/aromatic N) is 4. The lowest BCUT2D eigenvalue weighted by atomic mass is 10.2. The molecular weight excluding hydrogens is 426 g/mol. The number of ether oxygens (including phenoxy) is 1. The summed E-state index contributed by atoms with van der Waals surface area (Å²) in [5.41, 5.74) is 2.69. The standard InChI is InChI=1S/C23H29N5O3S/c1-3-9-28-19-8-7-17(24-22(29)20-6-5-14-32-20)15-18(19)25-21(28)16-26-10-12-27(13-11-26)23(30)31-4-2/h5-8,14-15H,3-4,9-13,16H2,1-2H3,(H,24,29). The van der Waals surface area contributed by atoms with E-state index in [-0.39, 0.29) is 12.0 Å². The number of aryl methyl sites for hydroxylation is 1. The van der Waals surface area contributed by atoms with Crippen LogP contribution in [0.4, 0.5) is 10.5 Å². The minimum atomic E-state index is -0.234. The lowest BCUT2D eigenvalue weighted by Crippen LogP contribution is -2.48. The number of carbonyl (C=O) groups excluding carboxylic acids is 2. The Morgan fingerprint density at radius 2 is 1.97 bits per heavy atom. The fraction of sp³-hybridized carbons (Fsp3) is 0.435. The number of piperazine rings is 1. The molecule has 0 aliphatic carbocycles. The zero-order valence-corrected chi connectivity index (χ0v) is 19.4. The first-order valence-electron chi connectivity index (χ1n) is 11.1. The zero-order valence-electron chi connectivity index (χ0n) is 18.5. The van der Waals surface area contributed by atoms with Crippen molar-refractivity contribution in [3.63, 3.8) is 0 Å². The summed E-state index contributed by atoms with van der Waals surface area (Å²) in [6.07, 6.45) is 0.772. The van der Waals surface area contributed by atoms with E-state index in [1.165, 1.54) is 11.3 Å². The van der Waals surface area contributed by atoms with Crippen LogP contribution < -0.4 is 5.32 Å². The average Bonchev–Trinajstić information content (AvgIpc) is 3.44. The van der Waals surface area contributed by atoms with Crippen LogP contribution in [0.2, 0.25) is 0 Å². The highest BCUT2D eigenvalue weighted by Gasteiger charge is 2.23. The van der Waals surface area contributed by atoms with Crippen LogP contribution in [-0.2, 0) is 17.8 Å². The molecule has 3 aromatic rings. The average molecular weight is 456 g/mol. The van der Waals surface area contributed by atoms with E-state index in [9.17, 15) is 9.59 Å². The van der Waals surface area contributed by atoms with E-state index in [1.54, 1.807) is 4.90 Å². The Balaban J connectivity index is 1.48. The molecule has 0 radical (unpaired) electrons. The third kappa shape index (κ3) is 4.94. The lowest BCUT2D eigenvalue weighted by molar-refractivity contribution is 0.0769. The molecule has 1 fully saturated rings. The van der Waals surface area contributed by atoms with Gasteiger partial charge in [-0.2, -0.15) is 0 Å². The predicted molar refractivity (Wildman–Crippen MR) is 126 cm³/mol. The van der Waals surface area contributed by atoms with Gasteiger partial charge in [-0.3, -0.25) is 9.69 Å². The van der Waals surface area contributed by atoms with Crippen molar-refractivity contribution in [1.82, 2.24) is 19.4 Å². The molecule has 0 bridgehead atoms. The van der Waals surface area contributed by atoms with Crippen LogP contribution in [0.3, 0.4) is 0 Å². The Morgan fingerprint density at radius 1 is 1.16 bits per heavy atom. The normalized spacial score (nSPS) is 14.6. The first kappa shape index (κ1) is 22.3. The highest BCUT2D eigenvalue weighted by atomic mass is 32.1. The number of fused-ring (bicyclic) bond motifs is 1. The molecule has 1 aliphatic rings. The van der Waals surface area contributed by atoms with Crippen molar-refractivity contribution in [2.75, 3.05) is 38.1 Å². The molecule has 2 amide bonds. The summed E-state index contributed by atoms with van der Waals surface area (Å²) in [6.45, 7) is 8.88. The van der Waals surface area contributed by atoms with Crippen LogP contribution in [0, 0.1) is 0 Å². The maximum atomic E-state index is 12.4. The molecule has 1 aromatic carbocycles. The number of amides is 2. The van der Waals surface area contributed by atoms with Crippen LogP contribution in [-0.4, -0.2) is 64.1 Å². The lowest BCUT2D eigenvalue weighted by Gasteiger charge is -2.33. The largest absolute Gasteiger partial charge is 0.450 e. The molecule has 1 aliphatic heterocycles. The van der Waals surface area contributed by atoms with Gasteiger partial charge in [-0.15, -0.1) is 11.3 Å². The van der Waals surface area contributed by atoms with Crippen LogP contribution >= 0.6 is 11.3 Å². The minimum Gasteiger partial charge on any atom is -0.450 e. The summed E-state index contributed by atoms with van der Waals surface area (Å²) in [7, 11) is 0. The Labute approximate surface area is 191 Å². The molecule has 1 N–H and O–H groups in total. The van der Waals surface area contributed by atoms with Crippen LogP contribution in [0.25, 0.3) is 11.0 Å². The quantitative estimate of drug-likeness (QED) is 0.582. The van der Waals surface area contributed by atoms with Crippen molar-refractivity contribution in [2.24, 2.45) is 0 Å². The predicted octanol–water partition coefficient (Wildman–Crippen LogP) is 4.03. The van der Waals surface area contributed by atoms with Crippen molar-refractivity contribution >= 4 is 40.1 Å². The van der Waals surface area contributed by atoms with Gasteiger partial charge in [0.25, 0.3) is 5.91 Å². The number of hydrogen-bond acceptors (Lipinski definition) is 6. The highest BCUT2D eigenvalue weighted by Crippen LogP contribution is 2.23. The molecule has 32 heavy (non-hydrogen) atoms. The Hall–Kier alpha value is -2.91. The third-order valence-electron chi connectivity index (χ3n) is 5.54. The summed E-state index contributed by atoms with van der Waals surface area (Å²) < 4.78 is 7.37. The first-order valence-corrected chi connectivity index (χ1v) is 11.9. The van der Waals surface area contributed by atoms with E-state index >= 15 is 0 Å². The number of imidazole rings is 1. The third-order valence-corrected chi connectivity index (χ3v) is 6.41. The second-order valence-corrected chi connectivity index (χ2v) is 8.72. The minimum absolute atomic E-state index is 0.105. The maximum absolute atomic E-state index is 12.4. The smallest absolute Gasteiger partial charge is 0.409 e. The van der Waals surface area contributed by atoms with Gasteiger partial charge in [-0.1, -0.05) is 13.0 Å². The molecule has 3 heterocycles. The van der Waals surface area contributed by atoms with E-state index in [0.29, 0.717) is 24.6 Å². The zero-order chi connectivity index (χ0) is 22.5. The number of carbonyl (C=O) groups is 2. The Morgan fingerprint density at radius 3 is 2.66 bits per heavy atom. The van der Waals surface area contributed by atoms with E-state index in [2.05, 4.69) is 21.7 Å². The van der Waals surface area contributed by atoms with E-state index < -0.39 is 0 Å². The number of nitrogens with one attached hydrogen (secondary N) is 1. The molecule has 170 valence electrons. The number of hydrogen-bond donors (Lipinski definition) is 1. The number of benzene rings is 1. The molecule has 9 heteroatoms. The van der Waals surface area contributed by atoms with Gasteiger partial charge in [-0.25, -0.2) is 9.78 Å². The van der Waals surface area contributed by atoms with E-state index in [0.717, 1.165) is 55.1 Å². The Kier molecular flexibility index (Phi) is 7.06. The fourth-order valence-electron chi connectivity index (χ4n) is 3.96. The molecule has 0 unspecified atom stereocenters. The number of thiophene rings is 1. The SMILES string of the molecule is CCCn1c(CN2CCN(C(=O)OCC)CC2)nc2cc(NC(=O)c3cccs3)ccc21. The van der Waals surface area contributed by atoms with E-state index in [4.69, 9.17) is 9.72 Å². The molecule has 0 saturated carbocycles. The first-order chi connectivity index (χ1) is 15.6. The monoisotopic (exact) mass is 455 g/mol. The van der Waals surface area contributed by atoms with Gasteiger partial charge < -0.3 is 19.5 Å². The van der Waals surface area contributed by atoms with E-state index in [1.807, 2.05) is 42.6 Å². The molecule has 4 rings (SSSR count). The van der Waals surface area contributed by atoms with Crippen molar-refractivity contribution in [3.05, 3.63) is 46.4 Å². The fourth-order valence-corrected chi connectivity index (χ4v) is 4.57. The second kappa shape index (κ2) is 10.1. The molecule has 1 saturated heterocycles. The van der Waals surface area contributed by atoms with Crippen molar-refractivity contribution in [3.8, 4) is 0 Å². The molecular formula is C23H29N5O3S. The molecule has 2 aromatic heterocycles. The van der Waals surface area contributed by atoms with Crippen molar-refractivity contribution in [1.29, 1.82) is 0 Å². The summed E-state index contributed by atoms with van der Waals surface area (Å²) in [6, 6.07) is 9.59. The van der Waals surface area contributed by atoms with Gasteiger partial charge in [0.15, 0.2) is 0 Å². The highest BCUT2D eigenvalue weighted by molar-refractivity contribution is 7.12. The number of rotatable bonds is 7. The van der Waals surface area contributed by atoms with Gasteiger partial charge in [0.1, 0.15) is 5.82 Å². The van der Waals surface area contributed by atoms with Gasteiger partial charge >= 0.3 is 6.09 Å². The van der Waals surface area contributed by atoms with Gasteiger partial charge in [0, 0.05) is 38.4 Å². The van der Waals surface area contributed by atoms with Crippen LogP contribution in [0.1, 0.15) is 35.8 Å². The summed E-state index contributed by atoms with van der Waals surface area (Å²) in [5, 5.41) is 4.86. The molecule has 0 atom stereocenters. The van der Waals surface area contributed by atoms with Gasteiger partial charge in [0.05, 0.1) is 29.1 Å². The number of aromatic nitrogens is 2. The maximum Gasteiger partial charge on any atom is 0.409 e.